The molecule has 10 nitrogen and oxygen atoms in total. The van der Waals surface area contributed by atoms with Gasteiger partial charge in [-0.05, 0) is 172 Å². The smallest absolute Gasteiger partial charge is 0.331 e. The van der Waals surface area contributed by atoms with Crippen LogP contribution in [0.1, 0.15) is 139 Å². The summed E-state index contributed by atoms with van der Waals surface area (Å²) in [5.74, 6) is 4.55. The number of hydrogen-bond donors (Lipinski definition) is 7. The van der Waals surface area contributed by atoms with E-state index in [-0.39, 0.29) is 49.9 Å². The number of rotatable bonds is 6. The molecule has 70 heavy (non-hydrogen) atoms. The molecule has 15 rings (SSSR count). The summed E-state index contributed by atoms with van der Waals surface area (Å²) in [5.41, 5.74) is -3.06. The van der Waals surface area contributed by atoms with Gasteiger partial charge in [0, 0.05) is 64.0 Å². The zero-order valence-corrected chi connectivity index (χ0v) is 41.3. The number of ether oxygens (including phenoxy) is 1. The predicted molar refractivity (Wildman–Crippen MR) is 260 cm³/mol. The van der Waals surface area contributed by atoms with Crippen molar-refractivity contribution in [2.24, 2.45) is 86.8 Å². The van der Waals surface area contributed by atoms with Crippen LogP contribution in [0.15, 0.2) is 52.6 Å². The second-order valence-corrected chi connectivity index (χ2v) is 26.2. The van der Waals surface area contributed by atoms with Crippen molar-refractivity contribution in [2.75, 3.05) is 13.7 Å². The molecule has 0 unspecified atom stereocenters. The minimum atomic E-state index is -1.91. The molecule has 7 N–H and O–H groups in total. The van der Waals surface area contributed by atoms with Gasteiger partial charge in [0.25, 0.3) is 0 Å². The molecule has 10 heteroatoms. The fraction of sp³-hybridized carbons (Fsp3) is 0.733. The van der Waals surface area contributed by atoms with E-state index < -0.39 is 86.2 Å². The van der Waals surface area contributed by atoms with Crippen LogP contribution in [0.4, 0.5) is 0 Å². The van der Waals surface area contributed by atoms with E-state index in [0.717, 1.165) is 72.6 Å². The van der Waals surface area contributed by atoms with Gasteiger partial charge in [-0.15, -0.1) is 0 Å². The number of hydrogen-bond acceptors (Lipinski definition) is 10. The van der Waals surface area contributed by atoms with Gasteiger partial charge in [0.15, 0.2) is 0 Å². The van der Waals surface area contributed by atoms with Crippen LogP contribution in [0.5, 0.6) is 0 Å². The van der Waals surface area contributed by atoms with Gasteiger partial charge in [0.2, 0.25) is 0 Å². The van der Waals surface area contributed by atoms with Crippen LogP contribution in [0, 0.1) is 98.6 Å². The summed E-state index contributed by atoms with van der Waals surface area (Å²) >= 11 is 0. The zero-order chi connectivity index (χ0) is 48.1. The van der Waals surface area contributed by atoms with Crippen LogP contribution < -0.4 is 5.32 Å². The number of esters is 1. The van der Waals surface area contributed by atoms with Gasteiger partial charge < -0.3 is 45.5 Å². The molecule has 0 amide bonds. The van der Waals surface area contributed by atoms with Gasteiger partial charge >= 0.3 is 5.97 Å². The molecule has 14 aliphatic rings. The van der Waals surface area contributed by atoms with E-state index in [1.807, 2.05) is 25.2 Å². The molecule has 9 saturated carbocycles. The molecule has 6 bridgehead atoms. The van der Waals surface area contributed by atoms with Crippen LogP contribution in [-0.4, -0.2) is 91.6 Å². The fourth-order valence-corrected chi connectivity index (χ4v) is 22.7. The molecular formula is C60H75NO9. The van der Waals surface area contributed by atoms with Crippen LogP contribution >= 0.6 is 0 Å². The molecule has 374 valence electrons. The highest BCUT2D eigenvalue weighted by molar-refractivity contribution is 5.87. The summed E-state index contributed by atoms with van der Waals surface area (Å²) in [6, 6.07) is 5.63. The van der Waals surface area contributed by atoms with Gasteiger partial charge in [-0.25, -0.2) is 4.79 Å². The van der Waals surface area contributed by atoms with E-state index in [1.165, 1.54) is 31.3 Å². The van der Waals surface area contributed by atoms with Crippen molar-refractivity contribution < 1.29 is 45.0 Å². The van der Waals surface area contributed by atoms with Gasteiger partial charge in [-0.1, -0.05) is 68.2 Å². The largest absolute Gasteiger partial charge is 0.454 e. The standard InChI is InChI=1S/C60H75NO9/c1-32(34-8-3-4-9-34)36-14-16-45-53(66)54-19-17-33(25-54)20-37-13-15-41-44-28-55-18-6-5-10-35-11-7-12-38(29-62)42(35)23-47(61-2)43-22-39(56(55,30-63)46-24-48(65)70-50(43)46)27-59(55,68)58(67)26-40(21-36)60(45,69)57(31-64,51(44)58)52(54)49(37)41/h7,11-12,15,24,31-34,36,39-40,43-45,47,50-53,61-63,66-69H,3-4,6,8-9,13-14,16-23,25-30H2,1-2H3/t32-,33+,36-,39-,40+,43+,44-,45+,47-,50-,51+,52-,53+,54-,55+,56+,57-,58-,59+,60-/m0/s1. The Bertz CT molecular complexity index is 2620. The first-order valence-electron chi connectivity index (χ1n) is 27.9. The maximum absolute atomic E-state index is 15.6. The Labute approximate surface area is 413 Å². The predicted octanol–water partition coefficient (Wildman–Crippen LogP) is 6.41. The Morgan fingerprint density at radius 3 is 2.56 bits per heavy atom. The third-order valence-electron chi connectivity index (χ3n) is 24.9. The number of fused-ring (bicyclic) bond motifs is 6. The monoisotopic (exact) mass is 954 g/mol. The Morgan fingerprint density at radius 2 is 1.79 bits per heavy atom. The van der Waals surface area contributed by atoms with Crippen LogP contribution in [0.25, 0.3) is 0 Å². The number of aldehydes is 1. The molecule has 1 aliphatic heterocycles. The van der Waals surface area contributed by atoms with Crippen molar-refractivity contribution in [3.8, 4) is 11.8 Å². The van der Waals surface area contributed by atoms with E-state index in [1.54, 1.807) is 6.08 Å². The summed E-state index contributed by atoms with van der Waals surface area (Å²) < 4.78 is 6.45. The number of likely N-dealkylation sites (N-methyl/N-ethyl adjacent to an activating group) is 1. The number of allylic oxidation sites excluding steroid dienone is 4. The molecule has 1 heterocycles. The Kier molecular flexibility index (Phi) is 9.75. The maximum Gasteiger partial charge on any atom is 0.331 e. The van der Waals surface area contributed by atoms with Crippen molar-refractivity contribution in [1.82, 2.24) is 5.32 Å². The van der Waals surface area contributed by atoms with E-state index in [0.29, 0.717) is 68.3 Å². The Hall–Kier alpha value is -3.14. The number of nitrogens with one attached hydrogen (secondary N) is 1. The van der Waals surface area contributed by atoms with Gasteiger partial charge in [0.1, 0.15) is 18.0 Å². The van der Waals surface area contributed by atoms with Crippen LogP contribution in [-0.2, 0) is 27.4 Å². The summed E-state index contributed by atoms with van der Waals surface area (Å²) in [6.45, 7) is 1.90. The van der Waals surface area contributed by atoms with E-state index in [2.05, 4.69) is 30.2 Å². The second kappa shape index (κ2) is 15.0. The zero-order valence-electron chi connectivity index (χ0n) is 41.3. The van der Waals surface area contributed by atoms with E-state index >= 15 is 15.0 Å². The highest BCUT2D eigenvalue weighted by Crippen LogP contribution is 2.87. The number of benzene rings is 1. The molecule has 1 aromatic rings. The van der Waals surface area contributed by atoms with Crippen molar-refractivity contribution in [3.05, 3.63) is 69.3 Å². The molecule has 0 saturated heterocycles. The average Bonchev–Trinajstić information content (AvgIpc) is 4.19. The quantitative estimate of drug-likeness (QED) is 0.0959. The lowest BCUT2D eigenvalue weighted by Gasteiger charge is -2.79. The summed E-state index contributed by atoms with van der Waals surface area (Å²) in [7, 11) is 1.92. The summed E-state index contributed by atoms with van der Waals surface area (Å²) in [4.78, 5) is 29.6. The second-order valence-electron chi connectivity index (χ2n) is 26.2. The first-order valence-corrected chi connectivity index (χ1v) is 27.9. The van der Waals surface area contributed by atoms with Crippen molar-refractivity contribution >= 4 is 12.3 Å². The number of carbonyl (C=O) groups excluding carboxylic acids is 2. The average molecular weight is 954 g/mol. The van der Waals surface area contributed by atoms with Crippen molar-refractivity contribution in [2.45, 2.75) is 171 Å². The van der Waals surface area contributed by atoms with Crippen molar-refractivity contribution in [1.29, 1.82) is 0 Å². The lowest BCUT2D eigenvalue weighted by Crippen LogP contribution is -2.87. The molecule has 0 radical (unpaired) electrons. The SMILES string of the molecule is CN[C@H]1Cc2c(cccc2CO)C#CCC[C@]23C[C@H]4C5=CCC6=C5[C@H]5[C@@]7(CC[C@H](C6)C7)[C@H](O)[C@H]6CC[C@H]([C@@H](C)C7CCCC7)C[C@@H]7C[C@](O)([C@H]4[C@]5(C=O)[C@]76O)[C@@]2(O)C[C@@H]2C[C@H]1[C@@H]1OC(=O)C=C1[C@@]23CO. The fourth-order valence-electron chi connectivity index (χ4n) is 22.7. The van der Waals surface area contributed by atoms with E-state index in [9.17, 15) is 25.2 Å². The molecule has 20 atom stereocenters. The maximum atomic E-state index is 15.6. The number of aliphatic hydroxyl groups excluding tert-OH is 3. The summed E-state index contributed by atoms with van der Waals surface area (Å²) in [6.07, 6.45) is 17.0. The Balaban J connectivity index is 1.03. The highest BCUT2D eigenvalue weighted by Gasteiger charge is 2.91. The third-order valence-corrected chi connectivity index (χ3v) is 24.9. The van der Waals surface area contributed by atoms with Gasteiger partial charge in [0.05, 0.1) is 35.9 Å². The minimum Gasteiger partial charge on any atom is -0.454 e. The molecule has 9 fully saturated rings. The normalized spacial score (nSPS) is 51.4. The number of carbonyl (C=O) groups is 2. The third kappa shape index (κ3) is 5.01. The Morgan fingerprint density at radius 1 is 0.957 bits per heavy atom. The minimum absolute atomic E-state index is 0.0921. The molecular weight excluding hydrogens is 879 g/mol. The van der Waals surface area contributed by atoms with Crippen LogP contribution in [0.2, 0.25) is 0 Å². The van der Waals surface area contributed by atoms with E-state index in [4.69, 9.17) is 4.74 Å². The molecule has 2 spiro atoms. The molecule has 1 aromatic carbocycles. The molecule has 13 aliphatic carbocycles. The first-order chi connectivity index (χ1) is 33.8. The van der Waals surface area contributed by atoms with Crippen LogP contribution in [0.3, 0.4) is 0 Å². The van der Waals surface area contributed by atoms with Gasteiger partial charge in [-0.2, -0.15) is 0 Å². The first kappa shape index (κ1) is 45.5. The van der Waals surface area contributed by atoms with Gasteiger partial charge in [-0.3, -0.25) is 0 Å². The molecule has 0 aromatic heterocycles. The lowest BCUT2D eigenvalue weighted by atomic mass is 9.26. The lowest BCUT2D eigenvalue weighted by molar-refractivity contribution is -0.381. The summed E-state index contributed by atoms with van der Waals surface area (Å²) in [5, 5.41) is 85.3. The topological polar surface area (TPSA) is 177 Å². The highest BCUT2D eigenvalue weighted by atomic mass is 16.5. The number of aliphatic hydroxyl groups is 6. The van der Waals surface area contributed by atoms with Crippen molar-refractivity contribution in [3.63, 3.8) is 0 Å².